The molecular formula is C17H19N5S. The molecule has 118 valence electrons. The van der Waals surface area contributed by atoms with Gasteiger partial charge in [-0.25, -0.2) is 4.98 Å². The predicted octanol–water partition coefficient (Wildman–Crippen LogP) is 3.00. The summed E-state index contributed by atoms with van der Waals surface area (Å²) in [6.45, 7) is 1.35. The second kappa shape index (κ2) is 7.60. The molecule has 23 heavy (non-hydrogen) atoms. The zero-order valence-electron chi connectivity index (χ0n) is 12.9. The average Bonchev–Trinajstić information content (AvgIpc) is 3.27. The van der Waals surface area contributed by atoms with Gasteiger partial charge in [-0.3, -0.25) is 4.99 Å². The third kappa shape index (κ3) is 4.20. The first-order valence-corrected chi connectivity index (χ1v) is 8.34. The van der Waals surface area contributed by atoms with Gasteiger partial charge in [-0.15, -0.1) is 0 Å². The quantitative estimate of drug-likeness (QED) is 0.499. The number of rotatable bonds is 5. The molecular weight excluding hydrogens is 306 g/mol. The van der Waals surface area contributed by atoms with Gasteiger partial charge in [0.1, 0.15) is 5.82 Å². The molecule has 0 fully saturated rings. The molecule has 6 heteroatoms. The van der Waals surface area contributed by atoms with Crippen molar-refractivity contribution in [1.82, 2.24) is 20.6 Å². The minimum atomic E-state index is 0.593. The molecule has 0 spiro atoms. The van der Waals surface area contributed by atoms with Gasteiger partial charge in [-0.05, 0) is 28.0 Å². The smallest absolute Gasteiger partial charge is 0.191 e. The lowest BCUT2D eigenvalue weighted by Crippen LogP contribution is -2.36. The van der Waals surface area contributed by atoms with E-state index in [1.165, 1.54) is 5.56 Å². The molecule has 3 aromatic rings. The van der Waals surface area contributed by atoms with Crippen molar-refractivity contribution in [3.05, 3.63) is 64.7 Å². The molecule has 5 nitrogen and oxygen atoms in total. The van der Waals surface area contributed by atoms with Gasteiger partial charge >= 0.3 is 0 Å². The van der Waals surface area contributed by atoms with Crippen molar-refractivity contribution >= 4 is 17.3 Å². The number of aliphatic imine (C=N–C) groups is 1. The SMILES string of the molecule is CN=C(NCc1ccsc1)NCc1ncc(-c2ccccc2)[nH]1. The van der Waals surface area contributed by atoms with Crippen molar-refractivity contribution in [3.8, 4) is 11.3 Å². The maximum Gasteiger partial charge on any atom is 0.191 e. The van der Waals surface area contributed by atoms with Crippen LogP contribution >= 0.6 is 11.3 Å². The molecule has 0 atom stereocenters. The summed E-state index contributed by atoms with van der Waals surface area (Å²) >= 11 is 1.69. The van der Waals surface area contributed by atoms with E-state index >= 15 is 0 Å². The summed E-state index contributed by atoms with van der Waals surface area (Å²) in [4.78, 5) is 12.0. The van der Waals surface area contributed by atoms with E-state index < -0.39 is 0 Å². The van der Waals surface area contributed by atoms with Crippen LogP contribution in [-0.4, -0.2) is 23.0 Å². The van der Waals surface area contributed by atoms with E-state index in [4.69, 9.17) is 0 Å². The third-order valence-electron chi connectivity index (χ3n) is 3.40. The number of H-pyrrole nitrogens is 1. The average molecular weight is 325 g/mol. The molecule has 2 aromatic heterocycles. The molecule has 0 aliphatic rings. The summed E-state index contributed by atoms with van der Waals surface area (Å²) < 4.78 is 0. The molecule has 0 saturated carbocycles. The number of nitrogens with one attached hydrogen (secondary N) is 3. The van der Waals surface area contributed by atoms with E-state index in [9.17, 15) is 0 Å². The van der Waals surface area contributed by atoms with Gasteiger partial charge in [0.2, 0.25) is 0 Å². The Bertz CT molecular complexity index is 746. The molecule has 3 rings (SSSR count). The van der Waals surface area contributed by atoms with Gasteiger partial charge < -0.3 is 15.6 Å². The third-order valence-corrected chi connectivity index (χ3v) is 4.13. The Morgan fingerprint density at radius 1 is 1.17 bits per heavy atom. The van der Waals surface area contributed by atoms with Crippen LogP contribution < -0.4 is 10.6 Å². The van der Waals surface area contributed by atoms with Crippen LogP contribution in [0.15, 0.2) is 58.3 Å². The lowest BCUT2D eigenvalue weighted by molar-refractivity contribution is 0.783. The Kier molecular flexibility index (Phi) is 5.06. The highest BCUT2D eigenvalue weighted by Crippen LogP contribution is 2.15. The van der Waals surface area contributed by atoms with Gasteiger partial charge in [0.05, 0.1) is 18.4 Å². The van der Waals surface area contributed by atoms with Crippen LogP contribution in [-0.2, 0) is 13.1 Å². The molecule has 0 aliphatic carbocycles. The van der Waals surface area contributed by atoms with Crippen molar-refractivity contribution in [3.63, 3.8) is 0 Å². The van der Waals surface area contributed by atoms with Crippen molar-refractivity contribution in [2.45, 2.75) is 13.1 Å². The number of aromatic nitrogens is 2. The Hall–Kier alpha value is -2.60. The number of aromatic amines is 1. The van der Waals surface area contributed by atoms with Gasteiger partial charge in [0, 0.05) is 13.6 Å². The summed E-state index contributed by atoms with van der Waals surface area (Å²) in [5, 5.41) is 10.7. The molecule has 0 aliphatic heterocycles. The molecule has 0 radical (unpaired) electrons. The molecule has 0 bridgehead atoms. The first kappa shape index (κ1) is 15.3. The van der Waals surface area contributed by atoms with Crippen LogP contribution in [0.1, 0.15) is 11.4 Å². The fourth-order valence-corrected chi connectivity index (χ4v) is 2.85. The Morgan fingerprint density at radius 2 is 2.00 bits per heavy atom. The number of hydrogen-bond donors (Lipinski definition) is 3. The van der Waals surface area contributed by atoms with E-state index in [-0.39, 0.29) is 0 Å². The van der Waals surface area contributed by atoms with E-state index in [2.05, 4.69) is 54.6 Å². The Balaban J connectivity index is 1.54. The highest BCUT2D eigenvalue weighted by Gasteiger charge is 2.04. The van der Waals surface area contributed by atoms with Crippen LogP contribution in [0.2, 0.25) is 0 Å². The zero-order chi connectivity index (χ0) is 15.9. The standard InChI is InChI=1S/C17H19N5S/c1-18-17(20-9-13-7-8-23-12-13)21-11-16-19-10-15(22-16)14-5-3-2-4-6-14/h2-8,10,12H,9,11H2,1H3,(H,19,22)(H2,18,20,21). The maximum atomic E-state index is 4.41. The van der Waals surface area contributed by atoms with Crippen LogP contribution in [0.4, 0.5) is 0 Å². The number of hydrogen-bond acceptors (Lipinski definition) is 3. The van der Waals surface area contributed by atoms with Gasteiger partial charge in [0.15, 0.2) is 5.96 Å². The molecule has 0 unspecified atom stereocenters. The molecule has 0 saturated heterocycles. The van der Waals surface area contributed by atoms with E-state index in [0.717, 1.165) is 29.6 Å². The largest absolute Gasteiger partial charge is 0.352 e. The van der Waals surface area contributed by atoms with Crippen LogP contribution in [0.3, 0.4) is 0 Å². The highest BCUT2D eigenvalue weighted by molar-refractivity contribution is 7.07. The minimum absolute atomic E-state index is 0.593. The Morgan fingerprint density at radius 3 is 2.74 bits per heavy atom. The van der Waals surface area contributed by atoms with Crippen molar-refractivity contribution < 1.29 is 0 Å². The highest BCUT2D eigenvalue weighted by atomic mass is 32.1. The second-order valence-electron chi connectivity index (χ2n) is 5.02. The molecule has 2 heterocycles. The second-order valence-corrected chi connectivity index (χ2v) is 5.80. The normalized spacial score (nSPS) is 11.4. The summed E-state index contributed by atoms with van der Waals surface area (Å²) in [6, 6.07) is 12.3. The van der Waals surface area contributed by atoms with Gasteiger partial charge in [-0.1, -0.05) is 30.3 Å². The molecule has 0 amide bonds. The van der Waals surface area contributed by atoms with Gasteiger partial charge in [0.25, 0.3) is 0 Å². The maximum absolute atomic E-state index is 4.41. The predicted molar refractivity (Wildman–Crippen MR) is 95.4 cm³/mol. The van der Waals surface area contributed by atoms with Crippen molar-refractivity contribution in [1.29, 1.82) is 0 Å². The van der Waals surface area contributed by atoms with Crippen molar-refractivity contribution in [2.75, 3.05) is 7.05 Å². The topological polar surface area (TPSA) is 65.1 Å². The van der Waals surface area contributed by atoms with E-state index in [0.29, 0.717) is 6.54 Å². The fourth-order valence-electron chi connectivity index (χ4n) is 2.18. The number of benzene rings is 1. The van der Waals surface area contributed by atoms with Crippen LogP contribution in [0.25, 0.3) is 11.3 Å². The monoisotopic (exact) mass is 325 g/mol. The van der Waals surface area contributed by atoms with Gasteiger partial charge in [-0.2, -0.15) is 11.3 Å². The number of guanidine groups is 1. The van der Waals surface area contributed by atoms with E-state index in [1.54, 1.807) is 18.4 Å². The summed E-state index contributed by atoms with van der Waals surface area (Å²) in [5.41, 5.74) is 3.40. The zero-order valence-corrected chi connectivity index (χ0v) is 13.7. The first-order valence-electron chi connectivity index (χ1n) is 7.40. The number of imidazole rings is 1. The summed E-state index contributed by atoms with van der Waals surface area (Å²) in [7, 11) is 1.76. The lowest BCUT2D eigenvalue weighted by atomic mass is 10.2. The summed E-state index contributed by atoms with van der Waals surface area (Å²) in [6.07, 6.45) is 1.86. The number of nitrogens with zero attached hydrogens (tertiary/aromatic N) is 2. The fraction of sp³-hybridized carbons (Fsp3) is 0.176. The minimum Gasteiger partial charge on any atom is -0.352 e. The first-order chi connectivity index (χ1) is 11.3. The molecule has 1 aromatic carbocycles. The molecule has 3 N–H and O–H groups in total. The number of thiophene rings is 1. The van der Waals surface area contributed by atoms with E-state index in [1.807, 2.05) is 24.4 Å². The lowest BCUT2D eigenvalue weighted by Gasteiger charge is -2.10. The van der Waals surface area contributed by atoms with Crippen LogP contribution in [0.5, 0.6) is 0 Å². The Labute approximate surface area is 139 Å². The summed E-state index contributed by atoms with van der Waals surface area (Å²) in [5.74, 6) is 1.64. The van der Waals surface area contributed by atoms with Crippen LogP contribution in [0, 0.1) is 0 Å². The van der Waals surface area contributed by atoms with Crippen molar-refractivity contribution in [2.24, 2.45) is 4.99 Å².